The molecule has 0 unspecified atom stereocenters. The molecule has 0 N–H and O–H groups in total. The number of halogens is 2. The zero-order valence-corrected chi connectivity index (χ0v) is 11.3. The lowest BCUT2D eigenvalue weighted by atomic mass is 10.1. The number of para-hydroxylation sites is 2. The van der Waals surface area contributed by atoms with Gasteiger partial charge in [-0.3, -0.25) is 4.57 Å². The van der Waals surface area contributed by atoms with Crippen molar-refractivity contribution in [2.24, 2.45) is 0 Å². The molecular weight excluding hydrogens is 275 g/mol. The Kier molecular flexibility index (Phi) is 2.44. The Bertz CT molecular complexity index is 844. The summed E-state index contributed by atoms with van der Waals surface area (Å²) >= 11 is 6.16. The SMILES string of the molecule is Fc1cccc(Cl)c1[N+]1=Cc2cccc3ccn(c23)C1. The summed E-state index contributed by atoms with van der Waals surface area (Å²) in [6.45, 7) is 0.557. The van der Waals surface area contributed by atoms with E-state index in [0.29, 0.717) is 17.4 Å². The fraction of sp³-hybridized carbons (Fsp3) is 0.0625. The van der Waals surface area contributed by atoms with E-state index in [4.69, 9.17) is 11.6 Å². The maximum atomic E-state index is 14.1. The van der Waals surface area contributed by atoms with E-state index >= 15 is 0 Å². The highest BCUT2D eigenvalue weighted by molar-refractivity contribution is 6.32. The predicted molar refractivity (Wildman–Crippen MR) is 78.4 cm³/mol. The summed E-state index contributed by atoms with van der Waals surface area (Å²) in [5, 5.41) is 1.61. The van der Waals surface area contributed by atoms with Gasteiger partial charge in [0.15, 0.2) is 12.0 Å². The van der Waals surface area contributed by atoms with Crippen LogP contribution < -0.4 is 0 Å². The van der Waals surface area contributed by atoms with Gasteiger partial charge in [-0.05, 0) is 24.3 Å². The Hall–Kier alpha value is -2.13. The van der Waals surface area contributed by atoms with Crippen molar-refractivity contribution in [2.45, 2.75) is 6.67 Å². The normalized spacial score (nSPS) is 13.6. The smallest absolute Gasteiger partial charge is 0.261 e. The molecule has 4 rings (SSSR count). The van der Waals surface area contributed by atoms with Crippen LogP contribution in [-0.2, 0) is 6.67 Å². The topological polar surface area (TPSA) is 7.94 Å². The largest absolute Gasteiger partial charge is 0.291 e. The van der Waals surface area contributed by atoms with Gasteiger partial charge in [0.25, 0.3) is 5.69 Å². The van der Waals surface area contributed by atoms with Crippen molar-refractivity contribution >= 4 is 34.4 Å². The van der Waals surface area contributed by atoms with Crippen molar-refractivity contribution in [2.75, 3.05) is 0 Å². The predicted octanol–water partition coefficient (Wildman–Crippen LogP) is 4.17. The monoisotopic (exact) mass is 285 g/mol. The Balaban J connectivity index is 1.97. The number of hydrogen-bond donors (Lipinski definition) is 0. The maximum absolute atomic E-state index is 14.1. The third-order valence-corrected chi connectivity index (χ3v) is 3.95. The first-order valence-electron chi connectivity index (χ1n) is 6.37. The zero-order chi connectivity index (χ0) is 13.7. The minimum atomic E-state index is -0.309. The summed E-state index contributed by atoms with van der Waals surface area (Å²) in [4.78, 5) is 0. The van der Waals surface area contributed by atoms with Crippen LogP contribution >= 0.6 is 11.6 Å². The molecule has 0 radical (unpaired) electrons. The average molecular weight is 286 g/mol. The summed E-state index contributed by atoms with van der Waals surface area (Å²) in [5.74, 6) is -0.309. The highest BCUT2D eigenvalue weighted by atomic mass is 35.5. The van der Waals surface area contributed by atoms with Crippen molar-refractivity contribution in [1.82, 2.24) is 4.57 Å². The molecule has 1 aliphatic rings. The van der Waals surface area contributed by atoms with Crippen LogP contribution in [0.3, 0.4) is 0 Å². The Morgan fingerprint density at radius 3 is 2.80 bits per heavy atom. The van der Waals surface area contributed by atoms with Gasteiger partial charge in [0.1, 0.15) is 5.02 Å². The summed E-state index contributed by atoms with van der Waals surface area (Å²) in [6, 6.07) is 12.9. The van der Waals surface area contributed by atoms with Gasteiger partial charge < -0.3 is 0 Å². The second kappa shape index (κ2) is 4.18. The molecule has 0 saturated carbocycles. The van der Waals surface area contributed by atoms with Crippen LogP contribution in [0.1, 0.15) is 5.56 Å². The third kappa shape index (κ3) is 1.60. The molecule has 1 aromatic heterocycles. The lowest BCUT2D eigenvalue weighted by Crippen LogP contribution is -2.19. The third-order valence-electron chi connectivity index (χ3n) is 3.64. The Morgan fingerprint density at radius 2 is 1.95 bits per heavy atom. The van der Waals surface area contributed by atoms with Gasteiger partial charge in [-0.2, -0.15) is 8.97 Å². The summed E-state index contributed by atoms with van der Waals surface area (Å²) < 4.78 is 18.0. The molecule has 0 fully saturated rings. The van der Waals surface area contributed by atoms with E-state index in [9.17, 15) is 4.39 Å². The molecule has 98 valence electrons. The van der Waals surface area contributed by atoms with E-state index in [-0.39, 0.29) is 5.82 Å². The molecule has 0 atom stereocenters. The van der Waals surface area contributed by atoms with Gasteiger partial charge >= 0.3 is 0 Å². The molecule has 0 spiro atoms. The molecule has 2 nitrogen and oxygen atoms in total. The summed E-state index contributed by atoms with van der Waals surface area (Å²) in [7, 11) is 0. The van der Waals surface area contributed by atoms with E-state index in [0.717, 1.165) is 5.56 Å². The molecule has 0 aliphatic carbocycles. The first-order valence-corrected chi connectivity index (χ1v) is 6.75. The molecule has 2 heterocycles. The average Bonchev–Trinajstić information content (AvgIpc) is 2.84. The van der Waals surface area contributed by atoms with Crippen LogP contribution in [0.5, 0.6) is 0 Å². The number of aromatic nitrogens is 1. The lowest BCUT2D eigenvalue weighted by Gasteiger charge is -2.13. The summed E-state index contributed by atoms with van der Waals surface area (Å²) in [6.07, 6.45) is 3.97. The van der Waals surface area contributed by atoms with Crippen molar-refractivity contribution in [3.63, 3.8) is 0 Å². The number of benzene rings is 2. The number of nitrogens with zero attached hydrogens (tertiary/aromatic N) is 2. The molecule has 20 heavy (non-hydrogen) atoms. The molecule has 1 aliphatic heterocycles. The standard InChI is InChI=1S/C16H11ClFN2/c17-13-5-2-6-14(18)16(13)20-9-12-4-1-3-11-7-8-19(10-20)15(11)12/h1-9H,10H2/q+1. The first-order chi connectivity index (χ1) is 9.74. The van der Waals surface area contributed by atoms with E-state index < -0.39 is 0 Å². The molecule has 3 aromatic rings. The van der Waals surface area contributed by atoms with Gasteiger partial charge in [-0.1, -0.05) is 29.8 Å². The van der Waals surface area contributed by atoms with Crippen molar-refractivity contribution in [1.29, 1.82) is 0 Å². The van der Waals surface area contributed by atoms with E-state index in [1.807, 2.05) is 29.1 Å². The highest BCUT2D eigenvalue weighted by Gasteiger charge is 2.24. The second-order valence-corrected chi connectivity index (χ2v) is 5.29. The van der Waals surface area contributed by atoms with E-state index in [1.165, 1.54) is 17.0 Å². The van der Waals surface area contributed by atoms with Gasteiger partial charge in [0.2, 0.25) is 6.67 Å². The van der Waals surface area contributed by atoms with Crippen LogP contribution in [-0.4, -0.2) is 15.4 Å². The van der Waals surface area contributed by atoms with Gasteiger partial charge in [-0.25, -0.2) is 0 Å². The fourth-order valence-electron chi connectivity index (χ4n) is 2.78. The van der Waals surface area contributed by atoms with Crippen molar-refractivity contribution < 1.29 is 8.97 Å². The minimum absolute atomic E-state index is 0.309. The molecule has 2 aromatic carbocycles. The Morgan fingerprint density at radius 1 is 1.10 bits per heavy atom. The van der Waals surface area contributed by atoms with Crippen molar-refractivity contribution in [3.05, 3.63) is 65.1 Å². The molecule has 0 amide bonds. The molecule has 4 heteroatoms. The van der Waals surface area contributed by atoms with Crippen LogP contribution in [0.15, 0.2) is 48.7 Å². The maximum Gasteiger partial charge on any atom is 0.261 e. The summed E-state index contributed by atoms with van der Waals surface area (Å²) in [5.41, 5.74) is 2.67. The lowest BCUT2D eigenvalue weighted by molar-refractivity contribution is -0.473. The fourth-order valence-corrected chi connectivity index (χ4v) is 3.06. The molecular formula is C16H11ClFN2+. The van der Waals surface area contributed by atoms with Crippen LogP contribution in [0.2, 0.25) is 5.02 Å². The number of rotatable bonds is 1. The van der Waals surface area contributed by atoms with Gasteiger partial charge in [0, 0.05) is 11.6 Å². The Labute approximate surface area is 120 Å². The minimum Gasteiger partial charge on any atom is -0.291 e. The van der Waals surface area contributed by atoms with E-state index in [1.54, 1.807) is 12.1 Å². The number of hydrogen-bond acceptors (Lipinski definition) is 0. The second-order valence-electron chi connectivity index (χ2n) is 4.88. The molecule has 0 saturated heterocycles. The van der Waals surface area contributed by atoms with Crippen molar-refractivity contribution in [3.8, 4) is 0 Å². The van der Waals surface area contributed by atoms with Gasteiger partial charge in [-0.15, -0.1) is 0 Å². The van der Waals surface area contributed by atoms with Gasteiger partial charge in [0.05, 0.1) is 11.1 Å². The quantitative estimate of drug-likeness (QED) is 0.593. The highest BCUT2D eigenvalue weighted by Crippen LogP contribution is 2.31. The van der Waals surface area contributed by atoms with E-state index in [2.05, 4.69) is 16.7 Å². The van der Waals surface area contributed by atoms with Crippen LogP contribution in [0, 0.1) is 5.82 Å². The first kappa shape index (κ1) is 11.7. The van der Waals surface area contributed by atoms with Crippen LogP contribution in [0.25, 0.3) is 10.9 Å². The van der Waals surface area contributed by atoms with Crippen LogP contribution in [0.4, 0.5) is 10.1 Å². The molecule has 0 bridgehead atoms. The zero-order valence-electron chi connectivity index (χ0n) is 10.6.